The molecule has 5 heteroatoms. The molecule has 0 saturated heterocycles. The van der Waals surface area contributed by atoms with Crippen molar-refractivity contribution in [3.8, 4) is 0 Å². The van der Waals surface area contributed by atoms with E-state index >= 15 is 0 Å². The summed E-state index contributed by atoms with van der Waals surface area (Å²) >= 11 is 11.5. The molecular weight excluding hydrogens is 328 g/mol. The van der Waals surface area contributed by atoms with Gasteiger partial charge >= 0.3 is 0 Å². The van der Waals surface area contributed by atoms with Crippen molar-refractivity contribution < 1.29 is 4.79 Å². The third-order valence-electron chi connectivity index (χ3n) is 5.87. The highest BCUT2D eigenvalue weighted by Gasteiger charge is 2.54. The smallest absolute Gasteiger partial charge is 0.232 e. The Morgan fingerprint density at radius 1 is 1.09 bits per heavy atom. The first-order valence-electron chi connectivity index (χ1n) is 8.41. The Morgan fingerprint density at radius 2 is 1.65 bits per heavy atom. The highest BCUT2D eigenvalue weighted by atomic mass is 35.5. The molecular formula is C18H21ClN2OS. The molecule has 23 heavy (non-hydrogen) atoms. The van der Waals surface area contributed by atoms with Crippen LogP contribution in [0.3, 0.4) is 0 Å². The van der Waals surface area contributed by atoms with Crippen LogP contribution in [0, 0.1) is 23.2 Å². The van der Waals surface area contributed by atoms with Crippen LogP contribution < -0.4 is 10.6 Å². The van der Waals surface area contributed by atoms with E-state index in [2.05, 4.69) is 10.6 Å². The van der Waals surface area contributed by atoms with Gasteiger partial charge in [-0.15, -0.1) is 0 Å². The van der Waals surface area contributed by atoms with Gasteiger partial charge in [-0.25, -0.2) is 0 Å². The average molecular weight is 349 g/mol. The van der Waals surface area contributed by atoms with Crippen molar-refractivity contribution >= 4 is 40.5 Å². The Balaban J connectivity index is 1.44. The van der Waals surface area contributed by atoms with Gasteiger partial charge in [0.05, 0.1) is 16.1 Å². The van der Waals surface area contributed by atoms with Crippen LogP contribution in [0.25, 0.3) is 0 Å². The van der Waals surface area contributed by atoms with Gasteiger partial charge in [0.25, 0.3) is 0 Å². The van der Waals surface area contributed by atoms with Crippen LogP contribution in [0.5, 0.6) is 0 Å². The van der Waals surface area contributed by atoms with Gasteiger partial charge in [0.2, 0.25) is 5.91 Å². The van der Waals surface area contributed by atoms with E-state index in [1.165, 1.54) is 19.3 Å². The Kier molecular flexibility index (Phi) is 3.85. The van der Waals surface area contributed by atoms with Crippen LogP contribution in [-0.4, -0.2) is 11.0 Å². The van der Waals surface area contributed by atoms with E-state index in [4.69, 9.17) is 23.8 Å². The lowest BCUT2D eigenvalue weighted by molar-refractivity contribution is -0.144. The Bertz CT molecular complexity index is 625. The number of thiocarbonyl (C=S) groups is 1. The van der Waals surface area contributed by atoms with Gasteiger partial charge in [0.15, 0.2) is 5.11 Å². The summed E-state index contributed by atoms with van der Waals surface area (Å²) in [5.41, 5.74) is 0.547. The average Bonchev–Trinajstić information content (AvgIpc) is 2.48. The molecule has 1 amide bonds. The van der Waals surface area contributed by atoms with Crippen LogP contribution >= 0.6 is 23.8 Å². The Labute approximate surface area is 147 Å². The molecule has 0 aromatic heterocycles. The second-order valence-electron chi connectivity index (χ2n) is 7.59. The maximum atomic E-state index is 12.9. The SMILES string of the molecule is O=C(NC(=S)Nc1ccccc1Cl)C12CC3CC(CC(C3)C1)C2. The number of amides is 1. The number of nitrogens with one attached hydrogen (secondary N) is 2. The highest BCUT2D eigenvalue weighted by Crippen LogP contribution is 2.60. The van der Waals surface area contributed by atoms with E-state index in [1.807, 2.05) is 18.2 Å². The van der Waals surface area contributed by atoms with Gasteiger partial charge in [0, 0.05) is 0 Å². The van der Waals surface area contributed by atoms with Gasteiger partial charge in [-0.2, -0.15) is 0 Å². The molecule has 2 N–H and O–H groups in total. The highest BCUT2D eigenvalue weighted by molar-refractivity contribution is 7.80. The lowest BCUT2D eigenvalue weighted by Gasteiger charge is -2.55. The summed E-state index contributed by atoms with van der Waals surface area (Å²) in [6.07, 6.45) is 7.11. The van der Waals surface area contributed by atoms with Crippen LogP contribution in [0.1, 0.15) is 38.5 Å². The van der Waals surface area contributed by atoms with E-state index < -0.39 is 0 Å². The van der Waals surface area contributed by atoms with Crippen molar-refractivity contribution in [1.29, 1.82) is 0 Å². The molecule has 4 bridgehead atoms. The van der Waals surface area contributed by atoms with Crippen LogP contribution in [0.4, 0.5) is 5.69 Å². The van der Waals surface area contributed by atoms with Gasteiger partial charge in [-0.3, -0.25) is 4.79 Å². The third kappa shape index (κ3) is 2.87. The number of hydrogen-bond acceptors (Lipinski definition) is 2. The van der Waals surface area contributed by atoms with Crippen molar-refractivity contribution in [2.45, 2.75) is 38.5 Å². The molecule has 122 valence electrons. The van der Waals surface area contributed by atoms with Gasteiger partial charge in [0.1, 0.15) is 0 Å². The fraction of sp³-hybridized carbons (Fsp3) is 0.556. The number of rotatable bonds is 2. The first-order valence-corrected chi connectivity index (χ1v) is 9.20. The van der Waals surface area contributed by atoms with E-state index in [-0.39, 0.29) is 11.3 Å². The summed E-state index contributed by atoms with van der Waals surface area (Å²) in [6.45, 7) is 0. The van der Waals surface area contributed by atoms with E-state index in [0.29, 0.717) is 10.1 Å². The summed E-state index contributed by atoms with van der Waals surface area (Å²) < 4.78 is 0. The number of anilines is 1. The lowest BCUT2D eigenvalue weighted by Crippen LogP contribution is -2.55. The normalized spacial score (nSPS) is 34.2. The van der Waals surface area contributed by atoms with Gasteiger partial charge in [-0.1, -0.05) is 23.7 Å². The van der Waals surface area contributed by atoms with Crippen LogP contribution in [0.2, 0.25) is 5.02 Å². The first kappa shape index (κ1) is 15.4. The number of carbonyl (C=O) groups excluding carboxylic acids is 1. The standard InChI is InChI=1S/C18H21ClN2OS/c19-14-3-1-2-4-15(14)20-17(23)21-16(22)18-8-11-5-12(9-18)7-13(6-11)10-18/h1-4,11-13H,5-10H2,(H2,20,21,22,23). The van der Waals surface area contributed by atoms with Crippen molar-refractivity contribution in [2.24, 2.45) is 23.2 Å². The molecule has 0 aliphatic heterocycles. The van der Waals surface area contributed by atoms with Gasteiger partial charge in [-0.05, 0) is 80.6 Å². The van der Waals surface area contributed by atoms with Crippen molar-refractivity contribution in [3.63, 3.8) is 0 Å². The molecule has 0 heterocycles. The Morgan fingerprint density at radius 3 is 2.22 bits per heavy atom. The van der Waals surface area contributed by atoms with Crippen molar-refractivity contribution in [1.82, 2.24) is 5.32 Å². The van der Waals surface area contributed by atoms with E-state index in [0.717, 1.165) is 42.7 Å². The monoisotopic (exact) mass is 348 g/mol. The van der Waals surface area contributed by atoms with Crippen LogP contribution in [0.15, 0.2) is 24.3 Å². The number of benzene rings is 1. The summed E-state index contributed by atoms with van der Waals surface area (Å²) in [5, 5.41) is 6.92. The fourth-order valence-electron chi connectivity index (χ4n) is 5.34. The first-order chi connectivity index (χ1) is 11.0. The summed E-state index contributed by atoms with van der Waals surface area (Å²) in [6, 6.07) is 7.40. The van der Waals surface area contributed by atoms with Gasteiger partial charge < -0.3 is 10.6 Å². The molecule has 0 atom stereocenters. The minimum absolute atomic E-state index is 0.112. The quantitative estimate of drug-likeness (QED) is 0.780. The lowest BCUT2D eigenvalue weighted by atomic mass is 9.49. The van der Waals surface area contributed by atoms with E-state index in [9.17, 15) is 4.79 Å². The maximum Gasteiger partial charge on any atom is 0.232 e. The molecule has 4 aliphatic carbocycles. The largest absolute Gasteiger partial charge is 0.331 e. The molecule has 0 radical (unpaired) electrons. The number of para-hydroxylation sites is 1. The minimum Gasteiger partial charge on any atom is -0.331 e. The molecule has 1 aromatic rings. The summed E-state index contributed by atoms with van der Waals surface area (Å²) in [5.74, 6) is 2.35. The molecule has 5 rings (SSSR count). The molecule has 0 spiro atoms. The zero-order chi connectivity index (χ0) is 16.0. The number of halogens is 1. The second kappa shape index (κ2) is 5.75. The predicted octanol–water partition coefficient (Wildman–Crippen LogP) is 4.37. The number of hydrogen-bond donors (Lipinski definition) is 2. The zero-order valence-electron chi connectivity index (χ0n) is 13.0. The summed E-state index contributed by atoms with van der Waals surface area (Å²) in [4.78, 5) is 12.9. The minimum atomic E-state index is -0.180. The van der Waals surface area contributed by atoms with E-state index in [1.54, 1.807) is 6.07 Å². The predicted molar refractivity (Wildman–Crippen MR) is 96.4 cm³/mol. The zero-order valence-corrected chi connectivity index (χ0v) is 14.6. The topological polar surface area (TPSA) is 41.1 Å². The molecule has 0 unspecified atom stereocenters. The van der Waals surface area contributed by atoms with Crippen molar-refractivity contribution in [3.05, 3.63) is 29.3 Å². The fourth-order valence-corrected chi connectivity index (χ4v) is 5.73. The molecule has 1 aromatic carbocycles. The second-order valence-corrected chi connectivity index (χ2v) is 8.40. The third-order valence-corrected chi connectivity index (χ3v) is 6.40. The molecule has 3 nitrogen and oxygen atoms in total. The van der Waals surface area contributed by atoms with Crippen LogP contribution in [-0.2, 0) is 4.79 Å². The summed E-state index contributed by atoms with van der Waals surface area (Å²) in [7, 11) is 0. The molecule has 4 fully saturated rings. The molecule has 4 aliphatic rings. The molecule has 4 saturated carbocycles. The maximum absolute atomic E-state index is 12.9. The van der Waals surface area contributed by atoms with Crippen molar-refractivity contribution in [2.75, 3.05) is 5.32 Å². The number of carbonyl (C=O) groups is 1. The Hall–Kier alpha value is -1.13.